The second-order valence-electron chi connectivity index (χ2n) is 8.17. The van der Waals surface area contributed by atoms with Gasteiger partial charge in [0.2, 0.25) is 17.8 Å². The first-order chi connectivity index (χ1) is 17.9. The fourth-order valence-electron chi connectivity index (χ4n) is 3.91. The zero-order chi connectivity index (χ0) is 25.9. The minimum absolute atomic E-state index is 0.0164. The Morgan fingerprint density at radius 1 is 0.973 bits per heavy atom. The van der Waals surface area contributed by atoms with Crippen molar-refractivity contribution in [2.24, 2.45) is 0 Å². The molecule has 1 aliphatic heterocycles. The lowest BCUT2D eigenvalue weighted by Crippen LogP contribution is -2.36. The third-order valence-corrected chi connectivity index (χ3v) is 7.03. The number of hydrogen-bond acceptors (Lipinski definition) is 6. The fourth-order valence-corrected chi connectivity index (χ4v) is 5.36. The summed E-state index contributed by atoms with van der Waals surface area (Å²) in [6.45, 7) is 0. The van der Waals surface area contributed by atoms with Crippen LogP contribution in [0.3, 0.4) is 0 Å². The summed E-state index contributed by atoms with van der Waals surface area (Å²) in [5.41, 5.74) is 0.603. The van der Waals surface area contributed by atoms with Crippen LogP contribution in [0.15, 0.2) is 87.4 Å². The van der Waals surface area contributed by atoms with Crippen LogP contribution in [0.2, 0.25) is 10.0 Å². The first-order valence-electron chi connectivity index (χ1n) is 11.2. The molecular formula is C26H19Cl2N5O3S. The summed E-state index contributed by atoms with van der Waals surface area (Å²) in [6, 6.07) is 21.9. The molecule has 37 heavy (non-hydrogen) atoms. The van der Waals surface area contributed by atoms with Gasteiger partial charge in [0.15, 0.2) is 0 Å². The van der Waals surface area contributed by atoms with Crippen LogP contribution in [0.1, 0.15) is 17.9 Å². The molecule has 0 aliphatic carbocycles. The average molecular weight is 552 g/mol. The van der Waals surface area contributed by atoms with E-state index in [1.54, 1.807) is 30.3 Å². The molecule has 186 valence electrons. The van der Waals surface area contributed by atoms with Gasteiger partial charge in [-0.2, -0.15) is 4.98 Å². The Hall–Kier alpha value is -3.79. The number of carbonyl (C=O) groups excluding carboxylic acids is 2. The van der Waals surface area contributed by atoms with E-state index in [9.17, 15) is 14.4 Å². The molecular weight excluding hydrogens is 533 g/mol. The second kappa shape index (κ2) is 10.7. The molecule has 0 radical (unpaired) electrons. The molecule has 0 saturated carbocycles. The molecule has 1 aromatic heterocycles. The maximum absolute atomic E-state index is 13.4. The minimum Gasteiger partial charge on any atom is -0.326 e. The number of benzene rings is 3. The second-order valence-corrected chi connectivity index (χ2v) is 10.2. The van der Waals surface area contributed by atoms with E-state index in [0.717, 1.165) is 9.79 Å². The van der Waals surface area contributed by atoms with Gasteiger partial charge < -0.3 is 16.0 Å². The minimum atomic E-state index is -1.02. The van der Waals surface area contributed by atoms with E-state index >= 15 is 0 Å². The van der Waals surface area contributed by atoms with Crippen LogP contribution >= 0.6 is 35.0 Å². The number of para-hydroxylation sites is 1. The first-order valence-corrected chi connectivity index (χ1v) is 12.7. The summed E-state index contributed by atoms with van der Waals surface area (Å²) in [5.74, 6) is -1.85. The monoisotopic (exact) mass is 551 g/mol. The zero-order valence-corrected chi connectivity index (χ0v) is 21.4. The normalized spacial score (nSPS) is 14.4. The molecule has 2 amide bonds. The number of carbonyl (C=O) groups is 2. The Morgan fingerprint density at radius 3 is 2.43 bits per heavy atom. The number of hydrogen-bond donors (Lipinski definition) is 4. The van der Waals surface area contributed by atoms with Crippen molar-refractivity contribution in [3.05, 3.63) is 98.8 Å². The highest BCUT2D eigenvalue weighted by atomic mass is 35.5. The van der Waals surface area contributed by atoms with Gasteiger partial charge in [0.05, 0.1) is 17.2 Å². The van der Waals surface area contributed by atoms with Gasteiger partial charge in [-0.3, -0.25) is 19.4 Å². The Labute approximate surface area is 225 Å². The lowest BCUT2D eigenvalue weighted by molar-refractivity contribution is -0.123. The van der Waals surface area contributed by atoms with Gasteiger partial charge in [0.1, 0.15) is 5.82 Å². The topological polar surface area (TPSA) is 116 Å². The van der Waals surface area contributed by atoms with E-state index in [-0.39, 0.29) is 23.8 Å². The molecule has 2 heterocycles. The number of H-pyrrole nitrogens is 1. The summed E-state index contributed by atoms with van der Waals surface area (Å²) in [5, 5.41) is 9.19. The number of nitrogens with zero attached hydrogens (tertiary/aromatic N) is 1. The van der Waals surface area contributed by atoms with Crippen molar-refractivity contribution >= 4 is 69.9 Å². The molecule has 0 spiro atoms. The molecule has 0 fully saturated rings. The number of rotatable bonds is 6. The SMILES string of the molecule is O=C1CC(C(=O)Nc2ccccc2Sc2ccccc2)c2c(nc(Nc3cc(Cl)cc(Cl)c3)[nH]c2=O)N1. The largest absolute Gasteiger partial charge is 0.326 e. The molecule has 3 aromatic carbocycles. The number of anilines is 4. The Morgan fingerprint density at radius 2 is 1.68 bits per heavy atom. The smallest absolute Gasteiger partial charge is 0.258 e. The lowest BCUT2D eigenvalue weighted by atomic mass is 9.92. The van der Waals surface area contributed by atoms with Crippen molar-refractivity contribution in [3.63, 3.8) is 0 Å². The van der Waals surface area contributed by atoms with Gasteiger partial charge in [0, 0.05) is 31.9 Å². The molecule has 5 rings (SSSR count). The summed E-state index contributed by atoms with van der Waals surface area (Å²) >= 11 is 13.6. The maximum atomic E-state index is 13.4. The number of aromatic amines is 1. The first kappa shape index (κ1) is 24.9. The van der Waals surface area contributed by atoms with Gasteiger partial charge in [-0.25, -0.2) is 0 Å². The van der Waals surface area contributed by atoms with Crippen molar-refractivity contribution < 1.29 is 9.59 Å². The predicted octanol–water partition coefficient (Wildman–Crippen LogP) is 6.04. The number of amides is 2. The van der Waals surface area contributed by atoms with Crippen molar-refractivity contribution in [1.82, 2.24) is 9.97 Å². The highest BCUT2D eigenvalue weighted by molar-refractivity contribution is 7.99. The predicted molar refractivity (Wildman–Crippen MR) is 146 cm³/mol. The molecule has 4 aromatic rings. The van der Waals surface area contributed by atoms with E-state index in [1.165, 1.54) is 11.8 Å². The van der Waals surface area contributed by atoms with Crippen LogP contribution in [0, 0.1) is 0 Å². The van der Waals surface area contributed by atoms with Gasteiger partial charge in [-0.15, -0.1) is 0 Å². The van der Waals surface area contributed by atoms with Gasteiger partial charge in [0.25, 0.3) is 5.56 Å². The van der Waals surface area contributed by atoms with E-state index in [0.29, 0.717) is 21.4 Å². The van der Waals surface area contributed by atoms with E-state index in [4.69, 9.17) is 23.2 Å². The number of fused-ring (bicyclic) bond motifs is 1. The summed E-state index contributed by atoms with van der Waals surface area (Å²) < 4.78 is 0. The van der Waals surface area contributed by atoms with Crippen LogP contribution in [-0.4, -0.2) is 21.8 Å². The number of halogens is 2. The standard InChI is InChI=1S/C26H19Cl2N5O3S/c27-14-10-15(28)12-16(11-14)29-26-32-23-22(25(36)33-26)18(13-21(34)31-23)24(35)30-19-8-4-5-9-20(19)37-17-6-2-1-3-7-17/h1-12,18H,13H2,(H,30,35)(H3,29,31,32,33,34,36). The van der Waals surface area contributed by atoms with E-state index in [2.05, 4.69) is 25.9 Å². The third kappa shape index (κ3) is 5.80. The highest BCUT2D eigenvalue weighted by Crippen LogP contribution is 2.35. The van der Waals surface area contributed by atoms with Crippen LogP contribution in [-0.2, 0) is 9.59 Å². The molecule has 1 unspecified atom stereocenters. The number of nitrogens with one attached hydrogen (secondary N) is 4. The Balaban J connectivity index is 1.42. The summed E-state index contributed by atoms with van der Waals surface area (Å²) in [7, 11) is 0. The molecule has 0 saturated heterocycles. The fraction of sp³-hybridized carbons (Fsp3) is 0.0769. The Kier molecular flexibility index (Phi) is 7.18. The zero-order valence-electron chi connectivity index (χ0n) is 19.0. The molecule has 1 atom stereocenters. The van der Waals surface area contributed by atoms with Crippen LogP contribution in [0.5, 0.6) is 0 Å². The quantitative estimate of drug-likeness (QED) is 0.232. The summed E-state index contributed by atoms with van der Waals surface area (Å²) in [4.78, 5) is 47.7. The van der Waals surface area contributed by atoms with E-state index < -0.39 is 23.3 Å². The van der Waals surface area contributed by atoms with Crippen molar-refractivity contribution in [3.8, 4) is 0 Å². The lowest BCUT2D eigenvalue weighted by Gasteiger charge is -2.24. The van der Waals surface area contributed by atoms with Gasteiger partial charge >= 0.3 is 0 Å². The molecule has 0 bridgehead atoms. The van der Waals surface area contributed by atoms with Crippen molar-refractivity contribution in [2.75, 3.05) is 16.0 Å². The molecule has 8 nitrogen and oxygen atoms in total. The van der Waals surface area contributed by atoms with Crippen molar-refractivity contribution in [1.29, 1.82) is 0 Å². The Bertz CT molecular complexity index is 1540. The summed E-state index contributed by atoms with van der Waals surface area (Å²) in [6.07, 6.45) is -0.186. The average Bonchev–Trinajstić information content (AvgIpc) is 2.84. The molecule has 4 N–H and O–H groups in total. The van der Waals surface area contributed by atoms with Crippen LogP contribution in [0.4, 0.5) is 23.1 Å². The third-order valence-electron chi connectivity index (χ3n) is 5.51. The molecule has 11 heteroatoms. The number of aromatic nitrogens is 2. The molecule has 1 aliphatic rings. The van der Waals surface area contributed by atoms with Crippen molar-refractivity contribution in [2.45, 2.75) is 22.1 Å². The van der Waals surface area contributed by atoms with Gasteiger partial charge in [-0.1, -0.05) is 65.3 Å². The van der Waals surface area contributed by atoms with Gasteiger partial charge in [-0.05, 0) is 42.5 Å². The highest BCUT2D eigenvalue weighted by Gasteiger charge is 2.35. The maximum Gasteiger partial charge on any atom is 0.258 e. The van der Waals surface area contributed by atoms with E-state index in [1.807, 2.05) is 42.5 Å². The van der Waals surface area contributed by atoms with Crippen LogP contribution < -0.4 is 21.5 Å². The van der Waals surface area contributed by atoms with Crippen LogP contribution in [0.25, 0.3) is 0 Å².